The maximum atomic E-state index is 11.1. The third kappa shape index (κ3) is 3.56. The van der Waals surface area contributed by atoms with Crippen molar-refractivity contribution in [3.05, 3.63) is 0 Å². The summed E-state index contributed by atoms with van der Waals surface area (Å²) in [6.07, 6.45) is 0. The van der Waals surface area contributed by atoms with Gasteiger partial charge in [-0.05, 0) is 29.8 Å². The molecule has 1 nitrogen and oxygen atoms in total. The molecular formula is C5H6Br2Cl2O. The smallest absolute Gasteiger partial charge is 0.230 e. The average molecular weight is 313 g/mol. The number of rotatable bonds is 2. The van der Waals surface area contributed by atoms with Gasteiger partial charge in [0.2, 0.25) is 3.24 Å². The molecule has 0 heterocycles. The van der Waals surface area contributed by atoms with Gasteiger partial charge in [0.1, 0.15) is 0 Å². The first-order chi connectivity index (χ1) is 4.15. The number of carbonyl (C=O) groups excluding carboxylic acids is 1. The predicted molar refractivity (Wildman–Crippen MR) is 51.4 cm³/mol. The fourth-order valence-electron chi connectivity index (χ4n) is 0.337. The van der Waals surface area contributed by atoms with Crippen molar-refractivity contribution in [3.8, 4) is 0 Å². The molecule has 0 spiro atoms. The van der Waals surface area contributed by atoms with E-state index in [1.807, 2.05) is 0 Å². The van der Waals surface area contributed by atoms with Gasteiger partial charge in [-0.2, -0.15) is 0 Å². The van der Waals surface area contributed by atoms with Gasteiger partial charge in [0.15, 0.2) is 5.78 Å². The van der Waals surface area contributed by atoms with Crippen LogP contribution in [0, 0.1) is 0 Å². The maximum Gasteiger partial charge on any atom is 0.230 e. The van der Waals surface area contributed by atoms with Crippen LogP contribution in [-0.4, -0.2) is 13.4 Å². The van der Waals surface area contributed by atoms with Gasteiger partial charge in [0, 0.05) is 0 Å². The highest BCUT2D eigenvalue weighted by Crippen LogP contribution is 2.36. The number of hydrogen-bond donors (Lipinski definition) is 0. The number of hydrogen-bond acceptors (Lipinski definition) is 1. The zero-order valence-corrected chi connectivity index (χ0v) is 10.1. The van der Waals surface area contributed by atoms with Crippen LogP contribution < -0.4 is 0 Å². The third-order valence-corrected chi connectivity index (χ3v) is 1.86. The molecule has 10 heavy (non-hydrogen) atoms. The first-order valence-electron chi connectivity index (χ1n) is 2.46. The van der Waals surface area contributed by atoms with Crippen molar-refractivity contribution < 1.29 is 4.79 Å². The zero-order chi connectivity index (χ0) is 8.58. The van der Waals surface area contributed by atoms with Gasteiger partial charge < -0.3 is 0 Å². The van der Waals surface area contributed by atoms with Crippen molar-refractivity contribution in [2.45, 2.75) is 21.4 Å². The maximum absolute atomic E-state index is 11.1. The molecule has 0 saturated carbocycles. The Morgan fingerprint density at radius 3 is 1.60 bits per heavy atom. The van der Waals surface area contributed by atoms with Crippen LogP contribution in [0.1, 0.15) is 13.8 Å². The summed E-state index contributed by atoms with van der Waals surface area (Å²) in [5, 5.41) is 0. The van der Waals surface area contributed by atoms with E-state index in [-0.39, 0.29) is 5.78 Å². The van der Waals surface area contributed by atoms with E-state index in [0.29, 0.717) is 0 Å². The van der Waals surface area contributed by atoms with Crippen LogP contribution in [0.25, 0.3) is 0 Å². The fourth-order valence-corrected chi connectivity index (χ4v) is 2.10. The highest BCUT2D eigenvalue weighted by molar-refractivity contribution is 9.11. The minimum atomic E-state index is -1.49. The van der Waals surface area contributed by atoms with Crippen LogP contribution >= 0.6 is 55.1 Å². The standard InChI is InChI=1S/C5H6Br2Cl2O/c1-4(2,6)3(10)5(7,8)9/h1-2H3. The van der Waals surface area contributed by atoms with Crippen molar-refractivity contribution in [2.24, 2.45) is 0 Å². The average Bonchev–Trinajstić information content (AvgIpc) is 1.59. The molecule has 0 amide bonds. The van der Waals surface area contributed by atoms with Crippen molar-refractivity contribution in [2.75, 3.05) is 0 Å². The second-order valence-corrected chi connectivity index (χ2v) is 7.71. The zero-order valence-electron chi connectivity index (χ0n) is 5.42. The lowest BCUT2D eigenvalue weighted by atomic mass is 10.1. The lowest BCUT2D eigenvalue weighted by molar-refractivity contribution is -0.119. The highest BCUT2D eigenvalue weighted by Gasteiger charge is 2.39. The first kappa shape index (κ1) is 11.2. The summed E-state index contributed by atoms with van der Waals surface area (Å²) in [7, 11) is 0. The molecule has 0 radical (unpaired) electrons. The van der Waals surface area contributed by atoms with E-state index < -0.39 is 7.57 Å². The Labute approximate surface area is 86.7 Å². The van der Waals surface area contributed by atoms with E-state index >= 15 is 0 Å². The van der Waals surface area contributed by atoms with Gasteiger partial charge in [0.05, 0.1) is 4.32 Å². The van der Waals surface area contributed by atoms with Gasteiger partial charge in [-0.3, -0.25) is 4.79 Å². The molecule has 0 aromatic rings. The van der Waals surface area contributed by atoms with E-state index in [1.54, 1.807) is 13.8 Å². The van der Waals surface area contributed by atoms with E-state index in [9.17, 15) is 4.79 Å². The van der Waals surface area contributed by atoms with Gasteiger partial charge >= 0.3 is 0 Å². The lowest BCUT2D eigenvalue weighted by Gasteiger charge is -2.19. The molecule has 5 heteroatoms. The molecule has 60 valence electrons. The van der Waals surface area contributed by atoms with E-state index in [4.69, 9.17) is 23.2 Å². The minimum Gasteiger partial charge on any atom is -0.294 e. The summed E-state index contributed by atoms with van der Waals surface area (Å²) in [5.41, 5.74) is 0. The Morgan fingerprint density at radius 1 is 1.30 bits per heavy atom. The Balaban J connectivity index is 4.40. The van der Waals surface area contributed by atoms with Gasteiger partial charge in [-0.1, -0.05) is 39.1 Å². The number of Topliss-reactive ketones (excluding diaryl/α,β-unsaturated/α-hetero) is 1. The van der Waals surface area contributed by atoms with Gasteiger partial charge in [0.25, 0.3) is 0 Å². The predicted octanol–water partition coefficient (Wildman–Crippen LogP) is 3.26. The SMILES string of the molecule is CC(C)(Br)C(=O)C(Cl)(Cl)Br. The topological polar surface area (TPSA) is 17.1 Å². The minimum absolute atomic E-state index is 0.316. The normalized spacial score (nSPS) is 13.4. The lowest BCUT2D eigenvalue weighted by Crippen LogP contribution is -2.34. The van der Waals surface area contributed by atoms with E-state index in [2.05, 4.69) is 31.9 Å². The fraction of sp³-hybridized carbons (Fsp3) is 0.800. The molecule has 0 bridgehead atoms. The summed E-state index contributed by atoms with van der Waals surface area (Å²) in [6, 6.07) is 0. The summed E-state index contributed by atoms with van der Waals surface area (Å²) in [6.45, 7) is 3.35. The number of carbonyl (C=O) groups is 1. The van der Waals surface area contributed by atoms with Crippen LogP contribution in [0.2, 0.25) is 0 Å². The van der Waals surface area contributed by atoms with Crippen LogP contribution in [0.5, 0.6) is 0 Å². The summed E-state index contributed by atoms with van der Waals surface area (Å²) in [5.74, 6) is -0.316. The highest BCUT2D eigenvalue weighted by atomic mass is 79.9. The third-order valence-electron chi connectivity index (χ3n) is 0.797. The Hall–Kier alpha value is 1.21. The van der Waals surface area contributed by atoms with Crippen molar-refractivity contribution >= 4 is 60.8 Å². The first-order valence-corrected chi connectivity index (χ1v) is 4.80. The molecule has 0 aromatic heterocycles. The van der Waals surface area contributed by atoms with Crippen LogP contribution in [-0.2, 0) is 4.79 Å². The molecule has 0 unspecified atom stereocenters. The van der Waals surface area contributed by atoms with Crippen LogP contribution in [0.3, 0.4) is 0 Å². The van der Waals surface area contributed by atoms with Gasteiger partial charge in [-0.25, -0.2) is 0 Å². The summed E-state index contributed by atoms with van der Waals surface area (Å²) >= 11 is 16.9. The summed E-state index contributed by atoms with van der Waals surface area (Å²) in [4.78, 5) is 11.1. The Kier molecular flexibility index (Phi) is 3.69. The number of halogens is 4. The molecule has 0 atom stereocenters. The molecule has 0 saturated heterocycles. The van der Waals surface area contributed by atoms with Crippen molar-refractivity contribution in [3.63, 3.8) is 0 Å². The van der Waals surface area contributed by atoms with Crippen LogP contribution in [0.4, 0.5) is 0 Å². The van der Waals surface area contributed by atoms with Crippen molar-refractivity contribution in [1.29, 1.82) is 0 Å². The Morgan fingerprint density at radius 2 is 1.60 bits per heavy atom. The van der Waals surface area contributed by atoms with Crippen molar-refractivity contribution in [1.82, 2.24) is 0 Å². The molecule has 0 aliphatic rings. The van der Waals surface area contributed by atoms with E-state index in [1.165, 1.54) is 0 Å². The van der Waals surface area contributed by atoms with Crippen LogP contribution in [0.15, 0.2) is 0 Å². The quantitative estimate of drug-likeness (QED) is 0.715. The molecule has 0 fully saturated rings. The second kappa shape index (κ2) is 3.30. The molecular weight excluding hydrogens is 307 g/mol. The molecule has 0 aliphatic heterocycles. The molecule has 0 N–H and O–H groups in total. The monoisotopic (exact) mass is 310 g/mol. The molecule has 0 rings (SSSR count). The number of alkyl halides is 4. The molecule has 0 aromatic carbocycles. The Bertz CT molecular complexity index is 129. The second-order valence-electron chi connectivity index (χ2n) is 2.30. The van der Waals surface area contributed by atoms with E-state index in [0.717, 1.165) is 0 Å². The summed E-state index contributed by atoms with van der Waals surface area (Å²) < 4.78 is -2.18. The largest absolute Gasteiger partial charge is 0.294 e. The molecule has 0 aliphatic carbocycles. The number of ketones is 1. The van der Waals surface area contributed by atoms with Gasteiger partial charge in [-0.15, -0.1) is 0 Å².